The highest BCUT2D eigenvalue weighted by Crippen LogP contribution is 2.28. The first-order chi connectivity index (χ1) is 9.17. The largest absolute Gasteiger partial charge is 0.506 e. The van der Waals surface area contributed by atoms with E-state index in [1.807, 2.05) is 0 Å². The molecule has 7 heteroatoms. The van der Waals surface area contributed by atoms with Gasteiger partial charge in [0.15, 0.2) is 6.61 Å². The van der Waals surface area contributed by atoms with Gasteiger partial charge in [0.2, 0.25) is 0 Å². The van der Waals surface area contributed by atoms with Crippen molar-refractivity contribution in [2.24, 2.45) is 0 Å². The van der Waals surface area contributed by atoms with Crippen molar-refractivity contribution >= 4 is 17.7 Å². The Kier molecular flexibility index (Phi) is 4.79. The molecule has 1 aromatic carbocycles. The van der Waals surface area contributed by atoms with Crippen molar-refractivity contribution in [3.8, 4) is 11.5 Å². The maximum Gasteiger partial charge on any atom is 0.412 e. The third kappa shape index (κ3) is 5.47. The summed E-state index contributed by atoms with van der Waals surface area (Å²) in [5.41, 5.74) is -0.598. The first-order valence-corrected chi connectivity index (χ1v) is 5.85. The fourth-order valence-corrected chi connectivity index (χ4v) is 1.26. The first kappa shape index (κ1) is 15.6. The molecule has 0 unspecified atom stereocenters. The molecule has 0 saturated heterocycles. The lowest BCUT2D eigenvalue weighted by Crippen LogP contribution is -2.27. The van der Waals surface area contributed by atoms with Crippen LogP contribution in [0.2, 0.25) is 0 Å². The molecule has 1 amide bonds. The van der Waals surface area contributed by atoms with Crippen LogP contribution in [0.5, 0.6) is 11.5 Å². The van der Waals surface area contributed by atoms with Gasteiger partial charge in [0.1, 0.15) is 17.1 Å². The van der Waals surface area contributed by atoms with Crippen LogP contribution in [0, 0.1) is 0 Å². The smallest absolute Gasteiger partial charge is 0.412 e. The lowest BCUT2D eigenvalue weighted by Gasteiger charge is -2.20. The Hall–Kier alpha value is -2.44. The highest BCUT2D eigenvalue weighted by molar-refractivity contribution is 5.87. The van der Waals surface area contributed by atoms with Gasteiger partial charge >= 0.3 is 12.1 Å². The maximum atomic E-state index is 11.6. The molecule has 0 radical (unpaired) electrons. The Balaban J connectivity index is 2.76. The minimum atomic E-state index is -1.13. The van der Waals surface area contributed by atoms with E-state index in [2.05, 4.69) is 5.32 Å². The molecule has 1 rings (SSSR count). The van der Waals surface area contributed by atoms with Crippen molar-refractivity contribution in [3.05, 3.63) is 18.2 Å². The summed E-state index contributed by atoms with van der Waals surface area (Å²) in [5.74, 6) is -1.10. The second kappa shape index (κ2) is 6.14. The number of carboxylic acids is 1. The van der Waals surface area contributed by atoms with Crippen LogP contribution < -0.4 is 10.1 Å². The number of anilines is 1. The number of nitrogens with one attached hydrogen (secondary N) is 1. The quantitative estimate of drug-likeness (QED) is 0.732. The van der Waals surface area contributed by atoms with Crippen LogP contribution in [-0.2, 0) is 9.53 Å². The lowest BCUT2D eigenvalue weighted by molar-refractivity contribution is -0.139. The van der Waals surface area contributed by atoms with Crippen molar-refractivity contribution < 1.29 is 29.3 Å². The Morgan fingerprint density at radius 1 is 1.30 bits per heavy atom. The highest BCUT2D eigenvalue weighted by Gasteiger charge is 2.17. The van der Waals surface area contributed by atoms with Crippen molar-refractivity contribution in [1.29, 1.82) is 0 Å². The van der Waals surface area contributed by atoms with E-state index in [0.29, 0.717) is 0 Å². The molecular formula is C13H17NO6. The summed E-state index contributed by atoms with van der Waals surface area (Å²) < 4.78 is 9.98. The fourth-order valence-electron chi connectivity index (χ4n) is 1.26. The number of phenols is 1. The molecule has 0 aliphatic heterocycles. The van der Waals surface area contributed by atoms with Gasteiger partial charge in [0.05, 0.1) is 5.69 Å². The van der Waals surface area contributed by atoms with Gasteiger partial charge in [-0.3, -0.25) is 5.32 Å². The number of aliphatic carboxylic acids is 1. The normalized spacial score (nSPS) is 10.8. The number of ether oxygens (including phenoxy) is 2. The number of hydrogen-bond acceptors (Lipinski definition) is 5. The number of rotatable bonds is 4. The third-order valence-corrected chi connectivity index (χ3v) is 1.97. The molecule has 110 valence electrons. The molecule has 3 N–H and O–H groups in total. The van der Waals surface area contributed by atoms with Gasteiger partial charge in [-0.1, -0.05) is 0 Å². The van der Waals surface area contributed by atoms with Gasteiger partial charge in [-0.2, -0.15) is 0 Å². The average Bonchev–Trinajstić information content (AvgIpc) is 2.27. The van der Waals surface area contributed by atoms with Crippen LogP contribution in [0.15, 0.2) is 18.2 Å². The van der Waals surface area contributed by atoms with Crippen LogP contribution in [0.25, 0.3) is 0 Å². The molecule has 0 spiro atoms. The van der Waals surface area contributed by atoms with E-state index in [1.165, 1.54) is 18.2 Å². The number of aromatic hydroxyl groups is 1. The Morgan fingerprint density at radius 2 is 1.95 bits per heavy atom. The van der Waals surface area contributed by atoms with E-state index >= 15 is 0 Å². The summed E-state index contributed by atoms with van der Waals surface area (Å²) in [6, 6.07) is 3.98. The van der Waals surface area contributed by atoms with Crippen molar-refractivity contribution in [2.45, 2.75) is 26.4 Å². The van der Waals surface area contributed by atoms with Crippen molar-refractivity contribution in [1.82, 2.24) is 0 Å². The lowest BCUT2D eigenvalue weighted by atomic mass is 10.2. The minimum Gasteiger partial charge on any atom is -0.506 e. The van der Waals surface area contributed by atoms with Crippen LogP contribution in [-0.4, -0.2) is 34.5 Å². The number of carboxylic acid groups (broad SMARTS) is 1. The minimum absolute atomic E-state index is 0.0714. The second-order valence-corrected chi connectivity index (χ2v) is 4.99. The van der Waals surface area contributed by atoms with Crippen molar-refractivity contribution in [2.75, 3.05) is 11.9 Å². The average molecular weight is 283 g/mol. The van der Waals surface area contributed by atoms with Gasteiger partial charge in [-0.25, -0.2) is 9.59 Å². The van der Waals surface area contributed by atoms with E-state index in [1.54, 1.807) is 20.8 Å². The molecule has 0 aliphatic carbocycles. The zero-order valence-electron chi connectivity index (χ0n) is 11.5. The molecule has 0 heterocycles. The summed E-state index contributed by atoms with van der Waals surface area (Å²) in [6.45, 7) is 4.60. The molecule has 0 bridgehead atoms. The monoisotopic (exact) mass is 283 g/mol. The zero-order chi connectivity index (χ0) is 15.3. The second-order valence-electron chi connectivity index (χ2n) is 4.99. The number of phenolic OH excluding ortho intramolecular Hbond substituents is 1. The maximum absolute atomic E-state index is 11.6. The van der Waals surface area contributed by atoms with E-state index in [0.717, 1.165) is 0 Å². The van der Waals surface area contributed by atoms with Crippen LogP contribution >= 0.6 is 0 Å². The van der Waals surface area contributed by atoms with E-state index in [4.69, 9.17) is 14.6 Å². The SMILES string of the molecule is CC(C)(C)OC(=O)Nc1cc(OCC(=O)O)ccc1O. The number of carbonyl (C=O) groups excluding carboxylic acids is 1. The Labute approximate surface area is 116 Å². The summed E-state index contributed by atoms with van der Waals surface area (Å²) in [7, 11) is 0. The molecule has 7 nitrogen and oxygen atoms in total. The predicted octanol–water partition coefficient (Wildman–Crippen LogP) is 2.20. The molecule has 0 aromatic heterocycles. The van der Waals surface area contributed by atoms with Crippen LogP contribution in [0.1, 0.15) is 20.8 Å². The van der Waals surface area contributed by atoms with Gasteiger partial charge in [-0.05, 0) is 32.9 Å². The number of carbonyl (C=O) groups is 2. The zero-order valence-corrected chi connectivity index (χ0v) is 11.5. The molecule has 0 saturated carbocycles. The third-order valence-electron chi connectivity index (χ3n) is 1.97. The van der Waals surface area contributed by atoms with E-state index in [-0.39, 0.29) is 17.2 Å². The highest BCUT2D eigenvalue weighted by atomic mass is 16.6. The summed E-state index contributed by atoms with van der Waals surface area (Å²) in [4.78, 5) is 22.0. The fraction of sp³-hybridized carbons (Fsp3) is 0.385. The van der Waals surface area contributed by atoms with Crippen molar-refractivity contribution in [3.63, 3.8) is 0 Å². The van der Waals surface area contributed by atoms with Gasteiger partial charge in [-0.15, -0.1) is 0 Å². The first-order valence-electron chi connectivity index (χ1n) is 5.85. The Morgan fingerprint density at radius 3 is 2.50 bits per heavy atom. The predicted molar refractivity (Wildman–Crippen MR) is 71.1 cm³/mol. The number of amides is 1. The molecule has 0 atom stereocenters. The van der Waals surface area contributed by atoms with Gasteiger partial charge < -0.3 is 19.7 Å². The summed E-state index contributed by atoms with van der Waals surface area (Å²) in [6.07, 6.45) is -0.733. The van der Waals surface area contributed by atoms with Crippen LogP contribution in [0.4, 0.5) is 10.5 Å². The van der Waals surface area contributed by atoms with E-state index < -0.39 is 24.3 Å². The molecule has 0 fully saturated rings. The van der Waals surface area contributed by atoms with Gasteiger partial charge in [0, 0.05) is 6.07 Å². The number of hydrogen-bond donors (Lipinski definition) is 3. The standard InChI is InChI=1S/C13H17NO6/c1-13(2,3)20-12(18)14-9-6-8(4-5-10(9)15)19-7-11(16)17/h4-6,15H,7H2,1-3H3,(H,14,18)(H,16,17). The molecule has 1 aromatic rings. The van der Waals surface area contributed by atoms with E-state index in [9.17, 15) is 14.7 Å². The summed E-state index contributed by atoms with van der Waals surface area (Å²) >= 11 is 0. The summed E-state index contributed by atoms with van der Waals surface area (Å²) in [5, 5.41) is 20.5. The Bertz CT molecular complexity index is 506. The molecule has 20 heavy (non-hydrogen) atoms. The number of benzene rings is 1. The molecule has 0 aliphatic rings. The molecular weight excluding hydrogens is 266 g/mol. The van der Waals surface area contributed by atoms with Gasteiger partial charge in [0.25, 0.3) is 0 Å². The topological polar surface area (TPSA) is 105 Å². The van der Waals surface area contributed by atoms with Crippen LogP contribution in [0.3, 0.4) is 0 Å².